The van der Waals surface area contributed by atoms with Crippen molar-refractivity contribution in [3.05, 3.63) is 86.5 Å². The number of aliphatic carboxylic acids is 1. The number of thioether (sulfide) groups is 1. The Balaban J connectivity index is 1.93. The maximum absolute atomic E-state index is 12.7. The first-order chi connectivity index (χ1) is 18.6. The molecule has 1 aliphatic rings. The van der Waals surface area contributed by atoms with Gasteiger partial charge in [-0.1, -0.05) is 64.4 Å². The Morgan fingerprint density at radius 1 is 1.26 bits per heavy atom. The minimum Gasteiger partial charge on any atom is -0.499 e. The molecule has 2 aromatic rings. The highest BCUT2D eigenvalue weighted by atomic mass is 35.5. The van der Waals surface area contributed by atoms with Crippen molar-refractivity contribution >= 4 is 74.9 Å². The third-order valence-corrected chi connectivity index (χ3v) is 7.20. The minimum atomic E-state index is -1.26. The van der Waals surface area contributed by atoms with Crippen LogP contribution >= 0.6 is 32.6 Å². The second-order valence-corrected chi connectivity index (χ2v) is 10.4. The van der Waals surface area contributed by atoms with Crippen molar-refractivity contribution in [3.8, 4) is 0 Å². The Hall–Kier alpha value is -3.39. The van der Waals surface area contributed by atoms with E-state index in [0.717, 1.165) is 16.3 Å². The number of carbonyl (C=O) groups excluding carboxylic acids is 2. The molecule has 2 aromatic carbocycles. The first-order valence-corrected chi connectivity index (χ1v) is 14.0. The number of aliphatic hydroxyl groups is 1. The fourth-order valence-corrected chi connectivity index (χ4v) is 5.26. The average molecular weight is 587 g/mol. The first kappa shape index (κ1) is 30.2. The van der Waals surface area contributed by atoms with Gasteiger partial charge in [-0.15, -0.1) is 11.8 Å². The number of rotatable bonds is 9. The number of halogens is 1. The standard InChI is InChI=1S/C28H28ClN2O6PS/c1-16-10-17(2)21(13-22(29)32)12-19(16)8-9-20-14-39-26(31-24(20)27(34)35)25(28(36)37-15-38)30-23(33)11-18-6-4-3-5-7-18/h3-10,12-13,25-26,32H,2,11,14-15,38H2,1H3,(H,30,33)(H,34,35)/b19-8-,20-9+,22-13-. The number of hydrogen-bond donors (Lipinski definition) is 3. The molecule has 0 bridgehead atoms. The highest BCUT2D eigenvalue weighted by molar-refractivity contribution is 8.00. The Bertz CT molecular complexity index is 1450. The van der Waals surface area contributed by atoms with Gasteiger partial charge in [0.2, 0.25) is 5.91 Å². The number of carbonyl (C=O) groups is 3. The third kappa shape index (κ3) is 8.55. The molecule has 1 aliphatic heterocycles. The van der Waals surface area contributed by atoms with Crippen molar-refractivity contribution in [1.29, 1.82) is 0 Å². The fraction of sp³-hybridized carbons (Fsp3) is 0.214. The average Bonchev–Trinajstić information content (AvgIpc) is 2.88. The number of aryl methyl sites for hydroxylation is 1. The van der Waals surface area contributed by atoms with Crippen molar-refractivity contribution in [1.82, 2.24) is 5.32 Å². The van der Waals surface area contributed by atoms with E-state index in [-0.39, 0.29) is 29.5 Å². The quantitative estimate of drug-likeness (QED) is 0.234. The molecule has 3 rings (SSSR count). The molecule has 0 radical (unpaired) electrons. The van der Waals surface area contributed by atoms with E-state index >= 15 is 0 Å². The number of carboxylic acids is 1. The molecule has 3 atom stereocenters. The molecule has 0 saturated heterocycles. The van der Waals surface area contributed by atoms with E-state index in [1.54, 1.807) is 30.4 Å². The molecular weight excluding hydrogens is 559 g/mol. The van der Waals surface area contributed by atoms with Crippen LogP contribution in [-0.2, 0) is 25.5 Å². The maximum atomic E-state index is 12.7. The zero-order valence-corrected chi connectivity index (χ0v) is 23.8. The van der Waals surface area contributed by atoms with Crippen molar-refractivity contribution in [2.45, 2.75) is 24.8 Å². The molecule has 204 valence electrons. The maximum Gasteiger partial charge on any atom is 0.354 e. The molecule has 1 amide bonds. The molecule has 1 heterocycles. The van der Waals surface area contributed by atoms with Gasteiger partial charge in [-0.3, -0.25) is 9.79 Å². The summed E-state index contributed by atoms with van der Waals surface area (Å²) in [5.74, 6) is -2.14. The highest BCUT2D eigenvalue weighted by Gasteiger charge is 2.36. The molecule has 11 heteroatoms. The van der Waals surface area contributed by atoms with Gasteiger partial charge in [-0.05, 0) is 63.4 Å². The van der Waals surface area contributed by atoms with Gasteiger partial charge in [0.25, 0.3) is 0 Å². The Morgan fingerprint density at radius 2 is 1.97 bits per heavy atom. The number of carboxylic acid groups (broad SMARTS) is 1. The van der Waals surface area contributed by atoms with Gasteiger partial charge < -0.3 is 20.3 Å². The van der Waals surface area contributed by atoms with Crippen LogP contribution in [0.3, 0.4) is 0 Å². The monoisotopic (exact) mass is 586 g/mol. The Labute approximate surface area is 237 Å². The van der Waals surface area contributed by atoms with E-state index in [1.807, 2.05) is 31.2 Å². The lowest BCUT2D eigenvalue weighted by atomic mass is 10.1. The Morgan fingerprint density at radius 3 is 2.62 bits per heavy atom. The summed E-state index contributed by atoms with van der Waals surface area (Å²) in [6.07, 6.45) is 4.83. The minimum absolute atomic E-state index is 0.0149. The number of ether oxygens (including phenoxy) is 1. The van der Waals surface area contributed by atoms with E-state index in [0.29, 0.717) is 16.4 Å². The highest BCUT2D eigenvalue weighted by Crippen LogP contribution is 2.27. The number of aliphatic imine (C=N–C) groups is 1. The van der Waals surface area contributed by atoms with Crippen molar-refractivity contribution < 1.29 is 29.3 Å². The van der Waals surface area contributed by atoms with Crippen LogP contribution in [0.15, 0.2) is 64.3 Å². The summed E-state index contributed by atoms with van der Waals surface area (Å²) in [5.41, 5.74) is 2.50. The second-order valence-electron chi connectivity index (χ2n) is 8.56. The predicted molar refractivity (Wildman–Crippen MR) is 159 cm³/mol. The van der Waals surface area contributed by atoms with E-state index < -0.39 is 29.3 Å². The van der Waals surface area contributed by atoms with Crippen molar-refractivity contribution in [2.24, 2.45) is 4.99 Å². The summed E-state index contributed by atoms with van der Waals surface area (Å²) in [5, 5.41) is 22.2. The zero-order chi connectivity index (χ0) is 28.5. The van der Waals surface area contributed by atoms with Crippen LogP contribution in [0.5, 0.6) is 0 Å². The smallest absolute Gasteiger partial charge is 0.354 e. The number of nitrogens with zero attached hydrogens (tertiary/aromatic N) is 1. The number of esters is 1. The van der Waals surface area contributed by atoms with Crippen LogP contribution in [0, 0.1) is 6.92 Å². The van der Waals surface area contributed by atoms with Gasteiger partial charge in [0.05, 0.1) is 6.42 Å². The van der Waals surface area contributed by atoms with Crippen molar-refractivity contribution in [3.63, 3.8) is 0 Å². The molecular formula is C28H28ClN2O6PS. The summed E-state index contributed by atoms with van der Waals surface area (Å²) in [6.45, 7) is 5.82. The fourth-order valence-electron chi connectivity index (χ4n) is 3.84. The Kier molecular flexibility index (Phi) is 10.9. The lowest BCUT2D eigenvalue weighted by Crippen LogP contribution is -2.49. The first-order valence-electron chi connectivity index (χ1n) is 11.8. The summed E-state index contributed by atoms with van der Waals surface area (Å²) >= 11 is 6.83. The molecule has 0 fully saturated rings. The van der Waals surface area contributed by atoms with Crippen LogP contribution in [0.25, 0.3) is 18.7 Å². The SMILES string of the molecule is C=c1cc(C)/c(=C\C=C2/CSC(C(NC(=O)Cc3ccccc3)C(=O)OCP)N=C2C(=O)O)cc1/C=C(\O)Cl. The number of allylic oxidation sites excluding steroid dienone is 1. The largest absolute Gasteiger partial charge is 0.499 e. The van der Waals surface area contributed by atoms with Crippen LogP contribution in [0.1, 0.15) is 16.7 Å². The number of aliphatic hydroxyl groups excluding tert-OH is 1. The van der Waals surface area contributed by atoms with Crippen molar-refractivity contribution in [2.75, 3.05) is 12.1 Å². The number of benzene rings is 2. The van der Waals surface area contributed by atoms with Gasteiger partial charge in [-0.25, -0.2) is 9.59 Å². The van der Waals surface area contributed by atoms with E-state index in [1.165, 1.54) is 17.8 Å². The molecule has 0 aromatic heterocycles. The number of nitrogens with one attached hydrogen (secondary N) is 1. The number of hydrogen-bond acceptors (Lipinski definition) is 7. The normalized spacial score (nSPS) is 17.9. The van der Waals surface area contributed by atoms with Crippen LogP contribution < -0.4 is 15.8 Å². The summed E-state index contributed by atoms with van der Waals surface area (Å²) in [7, 11) is 2.27. The molecule has 0 aliphatic carbocycles. The lowest BCUT2D eigenvalue weighted by molar-refractivity contribution is -0.145. The van der Waals surface area contributed by atoms with Gasteiger partial charge in [0, 0.05) is 5.75 Å². The third-order valence-electron chi connectivity index (χ3n) is 5.73. The molecule has 3 N–H and O–H groups in total. The molecule has 8 nitrogen and oxygen atoms in total. The van der Waals surface area contributed by atoms with E-state index in [2.05, 4.69) is 26.1 Å². The summed E-state index contributed by atoms with van der Waals surface area (Å²) < 4.78 is 5.12. The molecule has 0 spiro atoms. The van der Waals surface area contributed by atoms with Crippen LogP contribution in [0.2, 0.25) is 0 Å². The lowest BCUT2D eigenvalue weighted by Gasteiger charge is -2.27. The van der Waals surface area contributed by atoms with E-state index in [4.69, 9.17) is 16.3 Å². The molecule has 39 heavy (non-hydrogen) atoms. The van der Waals surface area contributed by atoms with Crippen LogP contribution in [0.4, 0.5) is 0 Å². The van der Waals surface area contributed by atoms with Crippen LogP contribution in [-0.4, -0.2) is 57.3 Å². The van der Waals surface area contributed by atoms with Gasteiger partial charge in [0.15, 0.2) is 11.3 Å². The molecule has 3 unspecified atom stereocenters. The topological polar surface area (TPSA) is 125 Å². The number of amides is 1. The van der Waals surface area contributed by atoms with Gasteiger partial charge >= 0.3 is 11.9 Å². The van der Waals surface area contributed by atoms with Gasteiger partial charge in [-0.2, -0.15) is 0 Å². The van der Waals surface area contributed by atoms with Gasteiger partial charge in [0.1, 0.15) is 17.4 Å². The summed E-state index contributed by atoms with van der Waals surface area (Å²) in [6, 6.07) is 11.5. The second kappa shape index (κ2) is 14.1. The predicted octanol–water partition coefficient (Wildman–Crippen LogP) is 2.91. The zero-order valence-electron chi connectivity index (χ0n) is 21.1. The summed E-state index contributed by atoms with van der Waals surface area (Å²) in [4.78, 5) is 41.9. The molecule has 0 saturated carbocycles. The van der Waals surface area contributed by atoms with E-state index in [9.17, 15) is 24.6 Å².